The largest absolute Gasteiger partial charge is 0.465 e. The molecule has 1 aliphatic rings. The van der Waals surface area contributed by atoms with Crippen LogP contribution in [0.4, 0.5) is 4.79 Å². The number of β-amino-alcohol motifs (C(OH)–C–C–N with tert-alkyl or cyclic N) is 1. The number of carbonyl (C=O) groups is 3. The molecule has 1 aromatic carbocycles. The van der Waals surface area contributed by atoms with Gasteiger partial charge in [-0.25, -0.2) is 9.78 Å². The molecule has 0 saturated carbocycles. The first kappa shape index (κ1) is 24.7. The second-order valence-electron chi connectivity index (χ2n) is 8.69. The number of nitrogens with zero attached hydrogens (tertiary/aromatic N) is 2. The molecule has 4 atom stereocenters. The molecule has 1 saturated heterocycles. The van der Waals surface area contributed by atoms with E-state index < -0.39 is 30.2 Å². The zero-order valence-electron chi connectivity index (χ0n) is 19.1. The molecule has 3 rings (SSSR count). The van der Waals surface area contributed by atoms with Crippen molar-refractivity contribution in [2.45, 2.75) is 58.3 Å². The zero-order chi connectivity index (χ0) is 24.3. The number of aliphatic hydroxyl groups is 1. The molecular weight excluding hydrogens is 444 g/mol. The van der Waals surface area contributed by atoms with E-state index in [2.05, 4.69) is 15.6 Å². The van der Waals surface area contributed by atoms with Gasteiger partial charge in [-0.05, 0) is 30.9 Å². The lowest BCUT2D eigenvalue weighted by Crippen LogP contribution is -2.55. The van der Waals surface area contributed by atoms with Crippen molar-refractivity contribution >= 4 is 29.2 Å². The number of carbonyl (C=O) groups excluding carboxylic acids is 2. The van der Waals surface area contributed by atoms with Crippen LogP contribution in [-0.2, 0) is 9.59 Å². The Kier molecular flexibility index (Phi) is 7.70. The van der Waals surface area contributed by atoms with Gasteiger partial charge >= 0.3 is 6.09 Å². The first-order valence-electron chi connectivity index (χ1n) is 10.9. The van der Waals surface area contributed by atoms with Crippen LogP contribution in [0.5, 0.6) is 0 Å². The van der Waals surface area contributed by atoms with Crippen LogP contribution in [0.3, 0.4) is 0 Å². The molecule has 2 heterocycles. The summed E-state index contributed by atoms with van der Waals surface area (Å²) in [6, 6.07) is 5.67. The molecule has 4 N–H and O–H groups in total. The maximum Gasteiger partial charge on any atom is 0.405 e. The third kappa shape index (κ3) is 5.69. The van der Waals surface area contributed by atoms with Gasteiger partial charge in [0.2, 0.25) is 11.8 Å². The lowest BCUT2D eigenvalue weighted by atomic mass is 10.0. The molecule has 3 amide bonds. The van der Waals surface area contributed by atoms with Gasteiger partial charge in [-0.1, -0.05) is 38.1 Å². The quantitative estimate of drug-likeness (QED) is 0.488. The monoisotopic (exact) mass is 474 g/mol. The number of hydrogen-bond acceptors (Lipinski definition) is 6. The Balaban J connectivity index is 1.70. The van der Waals surface area contributed by atoms with Gasteiger partial charge in [0.05, 0.1) is 28.2 Å². The van der Waals surface area contributed by atoms with Crippen molar-refractivity contribution in [1.29, 1.82) is 0 Å². The third-order valence-corrected chi connectivity index (χ3v) is 6.83. The molecule has 2 aromatic rings. The van der Waals surface area contributed by atoms with Gasteiger partial charge in [-0.3, -0.25) is 9.59 Å². The minimum atomic E-state index is -1.31. The highest BCUT2D eigenvalue weighted by Gasteiger charge is 2.42. The topological polar surface area (TPSA) is 132 Å². The van der Waals surface area contributed by atoms with Crippen molar-refractivity contribution < 1.29 is 24.6 Å². The van der Waals surface area contributed by atoms with Crippen molar-refractivity contribution in [3.05, 3.63) is 41.0 Å². The lowest BCUT2D eigenvalue weighted by Gasteiger charge is -2.30. The highest BCUT2D eigenvalue weighted by Crippen LogP contribution is 2.28. The summed E-state index contributed by atoms with van der Waals surface area (Å²) in [5.41, 5.74) is 4.73. The van der Waals surface area contributed by atoms with Crippen LogP contribution in [0.15, 0.2) is 29.8 Å². The number of aromatic nitrogens is 1. The van der Waals surface area contributed by atoms with Gasteiger partial charge in [0.15, 0.2) is 0 Å². The second-order valence-corrected chi connectivity index (χ2v) is 9.54. The van der Waals surface area contributed by atoms with Crippen LogP contribution in [0.25, 0.3) is 10.4 Å². The Labute approximate surface area is 196 Å². The van der Waals surface area contributed by atoms with Crippen LogP contribution in [0.2, 0.25) is 0 Å². The van der Waals surface area contributed by atoms with Gasteiger partial charge in [-0.15, -0.1) is 11.3 Å². The third-order valence-electron chi connectivity index (χ3n) is 5.85. The summed E-state index contributed by atoms with van der Waals surface area (Å²) in [4.78, 5) is 43.8. The molecule has 0 unspecified atom stereocenters. The molecule has 1 aliphatic heterocycles. The second kappa shape index (κ2) is 10.3. The summed E-state index contributed by atoms with van der Waals surface area (Å²) in [6.45, 7) is 7.24. The van der Waals surface area contributed by atoms with E-state index in [1.165, 1.54) is 4.90 Å². The van der Waals surface area contributed by atoms with E-state index in [0.29, 0.717) is 0 Å². The van der Waals surface area contributed by atoms with Crippen LogP contribution in [-0.4, -0.2) is 62.7 Å². The fraction of sp³-hybridized carbons (Fsp3) is 0.478. The fourth-order valence-electron chi connectivity index (χ4n) is 4.03. The summed E-state index contributed by atoms with van der Waals surface area (Å²) >= 11 is 1.57. The number of hydrogen-bond donors (Lipinski definition) is 4. The zero-order valence-corrected chi connectivity index (χ0v) is 19.9. The van der Waals surface area contributed by atoms with Crippen LogP contribution < -0.4 is 10.6 Å². The Hall–Kier alpha value is -2.98. The molecule has 33 heavy (non-hydrogen) atoms. The van der Waals surface area contributed by atoms with Crippen LogP contribution in [0.1, 0.15) is 44.5 Å². The maximum absolute atomic E-state index is 13.0. The molecule has 0 bridgehead atoms. The highest BCUT2D eigenvalue weighted by atomic mass is 32.1. The van der Waals surface area contributed by atoms with E-state index in [0.717, 1.165) is 21.7 Å². The van der Waals surface area contributed by atoms with Crippen molar-refractivity contribution in [3.8, 4) is 10.4 Å². The SMILES string of the molecule is Cc1ncsc1-c1ccc([C@H](C)NC(=O)[C@@H]2C[C@@H](O)CN2C(=O)[C@@H](NC(=O)O)C(C)C)cc1. The van der Waals surface area contributed by atoms with E-state index in [4.69, 9.17) is 5.11 Å². The van der Waals surface area contributed by atoms with Crippen molar-refractivity contribution in [2.75, 3.05) is 6.54 Å². The first-order valence-corrected chi connectivity index (χ1v) is 11.7. The Morgan fingerprint density at radius 1 is 1.15 bits per heavy atom. The molecular formula is C23H30N4O5S. The van der Waals surface area contributed by atoms with Crippen molar-refractivity contribution in [2.24, 2.45) is 5.92 Å². The van der Waals surface area contributed by atoms with Gasteiger partial charge in [0.25, 0.3) is 0 Å². The molecule has 0 aliphatic carbocycles. The van der Waals surface area contributed by atoms with Gasteiger partial charge in [0, 0.05) is 13.0 Å². The first-order chi connectivity index (χ1) is 15.6. The van der Waals surface area contributed by atoms with E-state index in [9.17, 15) is 19.5 Å². The average Bonchev–Trinajstić information content (AvgIpc) is 3.36. The molecule has 1 fully saturated rings. The molecule has 178 valence electrons. The summed E-state index contributed by atoms with van der Waals surface area (Å²) in [6.07, 6.45) is -2.06. The molecule has 10 heteroatoms. The maximum atomic E-state index is 13.0. The van der Waals surface area contributed by atoms with Crippen LogP contribution in [0, 0.1) is 12.8 Å². The number of nitrogens with one attached hydrogen (secondary N) is 2. The Morgan fingerprint density at radius 3 is 2.36 bits per heavy atom. The normalized spacial score (nSPS) is 19.9. The number of aryl methyl sites for hydroxylation is 1. The molecule has 0 radical (unpaired) electrons. The van der Waals surface area contributed by atoms with Gasteiger partial charge in [-0.2, -0.15) is 0 Å². The number of carboxylic acid groups (broad SMARTS) is 1. The summed E-state index contributed by atoms with van der Waals surface area (Å²) in [5.74, 6) is -1.21. The predicted octanol–water partition coefficient (Wildman–Crippen LogP) is 2.55. The van der Waals surface area contributed by atoms with Gasteiger partial charge in [0.1, 0.15) is 12.1 Å². The lowest BCUT2D eigenvalue weighted by molar-refractivity contribution is -0.141. The van der Waals surface area contributed by atoms with Crippen molar-refractivity contribution in [3.63, 3.8) is 0 Å². The highest BCUT2D eigenvalue weighted by molar-refractivity contribution is 7.13. The minimum absolute atomic E-state index is 0.0152. The standard InChI is InChI=1S/C23H30N4O5S/c1-12(2)19(26-23(31)32)22(30)27-10-17(28)9-18(27)21(29)25-13(3)15-5-7-16(8-6-15)20-14(4)24-11-33-20/h5-8,11-13,17-19,26,28H,9-10H2,1-4H3,(H,25,29)(H,31,32)/t13-,17+,18-,19-/m0/s1. The number of likely N-dealkylation sites (tertiary alicyclic amines) is 1. The molecule has 1 aromatic heterocycles. The van der Waals surface area contributed by atoms with E-state index in [1.807, 2.05) is 38.1 Å². The minimum Gasteiger partial charge on any atom is -0.465 e. The van der Waals surface area contributed by atoms with Crippen LogP contribution >= 0.6 is 11.3 Å². The van der Waals surface area contributed by atoms with Crippen molar-refractivity contribution in [1.82, 2.24) is 20.5 Å². The fourth-order valence-corrected chi connectivity index (χ4v) is 4.84. The number of benzene rings is 1. The van der Waals surface area contributed by atoms with E-state index in [1.54, 1.807) is 30.7 Å². The van der Waals surface area contributed by atoms with E-state index >= 15 is 0 Å². The number of thiazole rings is 1. The van der Waals surface area contributed by atoms with Gasteiger partial charge < -0.3 is 25.7 Å². The molecule has 9 nitrogen and oxygen atoms in total. The number of aliphatic hydroxyl groups excluding tert-OH is 1. The Bertz CT molecular complexity index is 1010. The average molecular weight is 475 g/mol. The Morgan fingerprint density at radius 2 is 1.82 bits per heavy atom. The smallest absolute Gasteiger partial charge is 0.405 e. The summed E-state index contributed by atoms with van der Waals surface area (Å²) in [7, 11) is 0. The number of rotatable bonds is 7. The summed E-state index contributed by atoms with van der Waals surface area (Å²) in [5, 5.41) is 24.4. The number of amides is 3. The summed E-state index contributed by atoms with van der Waals surface area (Å²) < 4.78 is 0. The predicted molar refractivity (Wildman–Crippen MR) is 125 cm³/mol. The molecule has 0 spiro atoms. The van der Waals surface area contributed by atoms with E-state index in [-0.39, 0.29) is 30.8 Å².